The van der Waals surface area contributed by atoms with Crippen molar-refractivity contribution in [2.45, 2.75) is 24.7 Å². The fourth-order valence-corrected chi connectivity index (χ4v) is 4.76. The minimum atomic E-state index is -4.11. The second kappa shape index (κ2) is 11.5. The molecular formula is C26H29N3O5S. The van der Waals surface area contributed by atoms with Crippen LogP contribution in [0.1, 0.15) is 30.9 Å². The lowest BCUT2D eigenvalue weighted by Crippen LogP contribution is -2.39. The third kappa shape index (κ3) is 6.39. The minimum absolute atomic E-state index is 0.0412. The van der Waals surface area contributed by atoms with E-state index in [1.54, 1.807) is 30.3 Å². The second-order valence-corrected chi connectivity index (χ2v) is 9.84. The molecule has 0 bridgehead atoms. The molecule has 0 unspecified atom stereocenters. The highest BCUT2D eigenvalue weighted by Crippen LogP contribution is 2.32. The van der Waals surface area contributed by atoms with Gasteiger partial charge in [-0.3, -0.25) is 9.10 Å². The fourth-order valence-electron chi connectivity index (χ4n) is 3.33. The predicted octanol–water partition coefficient (Wildman–Crippen LogP) is 4.17. The quantitative estimate of drug-likeness (QED) is 0.336. The molecule has 0 saturated carbocycles. The molecule has 0 aromatic heterocycles. The number of rotatable bonds is 10. The van der Waals surface area contributed by atoms with Gasteiger partial charge in [-0.15, -0.1) is 0 Å². The van der Waals surface area contributed by atoms with Crippen molar-refractivity contribution >= 4 is 27.8 Å². The van der Waals surface area contributed by atoms with Crippen LogP contribution in [-0.2, 0) is 14.8 Å². The summed E-state index contributed by atoms with van der Waals surface area (Å²) < 4.78 is 38.5. The molecule has 0 spiro atoms. The number of hydrogen-bond acceptors (Lipinski definition) is 6. The van der Waals surface area contributed by atoms with Gasteiger partial charge in [-0.25, -0.2) is 13.8 Å². The third-order valence-electron chi connectivity index (χ3n) is 5.28. The molecule has 0 saturated heterocycles. The Labute approximate surface area is 206 Å². The average Bonchev–Trinajstić information content (AvgIpc) is 2.87. The SMILES string of the molecule is COc1ccc(S(=O)(=O)N(CC(=O)N/N=C\c2ccc(C(C)C)cc2)c2ccccc2)cc1OC. The first-order valence-electron chi connectivity index (χ1n) is 11.0. The van der Waals surface area contributed by atoms with Crippen LogP contribution in [0.4, 0.5) is 5.69 Å². The summed E-state index contributed by atoms with van der Waals surface area (Å²) in [4.78, 5) is 12.6. The van der Waals surface area contributed by atoms with Crippen LogP contribution in [0.3, 0.4) is 0 Å². The lowest BCUT2D eigenvalue weighted by molar-refractivity contribution is -0.119. The van der Waals surface area contributed by atoms with E-state index < -0.39 is 22.5 Å². The summed E-state index contributed by atoms with van der Waals surface area (Å²) in [5.41, 5.74) is 4.76. The number of hydrazone groups is 1. The number of methoxy groups -OCH3 is 2. The van der Waals surface area contributed by atoms with Crippen LogP contribution >= 0.6 is 0 Å². The van der Waals surface area contributed by atoms with E-state index in [0.29, 0.717) is 17.4 Å². The number of benzene rings is 3. The summed E-state index contributed by atoms with van der Waals surface area (Å²) in [5, 5.41) is 3.99. The Kier molecular flexibility index (Phi) is 8.48. The molecule has 1 amide bonds. The molecule has 0 atom stereocenters. The highest BCUT2D eigenvalue weighted by molar-refractivity contribution is 7.92. The normalized spacial score (nSPS) is 11.5. The number of anilines is 1. The fraction of sp³-hybridized carbons (Fsp3) is 0.231. The maximum absolute atomic E-state index is 13.5. The Morgan fingerprint density at radius 3 is 2.23 bits per heavy atom. The van der Waals surface area contributed by atoms with Crippen molar-refractivity contribution in [2.75, 3.05) is 25.1 Å². The molecule has 8 nitrogen and oxygen atoms in total. The van der Waals surface area contributed by atoms with E-state index in [2.05, 4.69) is 24.4 Å². The number of carbonyl (C=O) groups excluding carboxylic acids is 1. The first-order valence-corrected chi connectivity index (χ1v) is 12.4. The van der Waals surface area contributed by atoms with Gasteiger partial charge in [0.2, 0.25) is 0 Å². The monoisotopic (exact) mass is 495 g/mol. The molecule has 3 rings (SSSR count). The number of para-hydroxylation sites is 1. The average molecular weight is 496 g/mol. The maximum Gasteiger partial charge on any atom is 0.264 e. The van der Waals surface area contributed by atoms with Crippen LogP contribution in [0.2, 0.25) is 0 Å². The number of nitrogens with zero attached hydrogens (tertiary/aromatic N) is 2. The molecule has 1 N–H and O–H groups in total. The molecule has 0 heterocycles. The molecule has 0 aliphatic heterocycles. The van der Waals surface area contributed by atoms with Crippen LogP contribution in [0.15, 0.2) is 82.8 Å². The van der Waals surface area contributed by atoms with Crippen molar-refractivity contribution in [3.63, 3.8) is 0 Å². The lowest BCUT2D eigenvalue weighted by Gasteiger charge is -2.24. The smallest absolute Gasteiger partial charge is 0.264 e. The molecule has 35 heavy (non-hydrogen) atoms. The second-order valence-electron chi connectivity index (χ2n) is 7.98. The Morgan fingerprint density at radius 2 is 1.63 bits per heavy atom. The molecule has 0 fully saturated rings. The summed E-state index contributed by atoms with van der Waals surface area (Å²) in [7, 11) is -1.23. The van der Waals surface area contributed by atoms with Crippen LogP contribution in [0.5, 0.6) is 11.5 Å². The Hall–Kier alpha value is -3.85. The largest absolute Gasteiger partial charge is 0.493 e. The van der Waals surface area contributed by atoms with E-state index in [9.17, 15) is 13.2 Å². The van der Waals surface area contributed by atoms with Gasteiger partial charge in [-0.05, 0) is 41.3 Å². The summed E-state index contributed by atoms with van der Waals surface area (Å²) in [6, 6.07) is 20.5. The van der Waals surface area contributed by atoms with Crippen molar-refractivity contribution < 1.29 is 22.7 Å². The van der Waals surface area contributed by atoms with Gasteiger partial charge >= 0.3 is 0 Å². The standard InChI is InChI=1S/C26H29N3O5S/c1-19(2)21-12-10-20(11-13-21)17-27-28-26(30)18-29(22-8-6-5-7-9-22)35(31,32)23-14-15-24(33-3)25(16-23)34-4/h5-17,19H,18H2,1-4H3,(H,28,30)/b27-17-. The third-order valence-corrected chi connectivity index (χ3v) is 7.05. The van der Waals surface area contributed by atoms with E-state index in [-0.39, 0.29) is 10.6 Å². The Morgan fingerprint density at radius 1 is 0.971 bits per heavy atom. The number of amides is 1. The van der Waals surface area contributed by atoms with Gasteiger partial charge in [-0.2, -0.15) is 5.10 Å². The first kappa shape index (κ1) is 25.8. The van der Waals surface area contributed by atoms with Crippen LogP contribution in [0, 0.1) is 0 Å². The topological polar surface area (TPSA) is 97.3 Å². The van der Waals surface area contributed by atoms with Gasteiger partial charge in [0.1, 0.15) is 6.54 Å². The van der Waals surface area contributed by atoms with E-state index in [0.717, 1.165) is 9.87 Å². The zero-order chi connectivity index (χ0) is 25.4. The molecule has 184 valence electrons. The van der Waals surface area contributed by atoms with E-state index in [1.807, 2.05) is 24.3 Å². The maximum atomic E-state index is 13.5. The van der Waals surface area contributed by atoms with Crippen LogP contribution in [-0.4, -0.2) is 41.3 Å². The number of carbonyl (C=O) groups is 1. The summed E-state index contributed by atoms with van der Waals surface area (Å²) in [5.74, 6) is 0.482. The Balaban J connectivity index is 1.82. The molecule has 0 radical (unpaired) electrons. The molecule has 3 aromatic rings. The van der Waals surface area contributed by atoms with E-state index in [4.69, 9.17) is 9.47 Å². The highest BCUT2D eigenvalue weighted by Gasteiger charge is 2.28. The number of nitrogens with one attached hydrogen (secondary N) is 1. The van der Waals surface area contributed by atoms with Gasteiger partial charge in [0.05, 0.1) is 31.0 Å². The van der Waals surface area contributed by atoms with Gasteiger partial charge in [-0.1, -0.05) is 56.3 Å². The first-order chi connectivity index (χ1) is 16.8. The summed E-state index contributed by atoms with van der Waals surface area (Å²) in [6.07, 6.45) is 1.51. The predicted molar refractivity (Wildman–Crippen MR) is 137 cm³/mol. The van der Waals surface area contributed by atoms with Crippen LogP contribution < -0.4 is 19.2 Å². The number of hydrogen-bond donors (Lipinski definition) is 1. The van der Waals surface area contributed by atoms with Gasteiger partial charge in [0.15, 0.2) is 11.5 Å². The zero-order valence-corrected chi connectivity index (χ0v) is 21.0. The number of ether oxygens (including phenoxy) is 2. The van der Waals surface area contributed by atoms with E-state index in [1.165, 1.54) is 44.2 Å². The minimum Gasteiger partial charge on any atom is -0.493 e. The van der Waals surface area contributed by atoms with E-state index >= 15 is 0 Å². The van der Waals surface area contributed by atoms with Gasteiger partial charge < -0.3 is 9.47 Å². The lowest BCUT2D eigenvalue weighted by atomic mass is 10.0. The summed E-state index contributed by atoms with van der Waals surface area (Å²) in [6.45, 7) is 3.75. The van der Waals surface area contributed by atoms with Crippen molar-refractivity contribution in [3.8, 4) is 11.5 Å². The highest BCUT2D eigenvalue weighted by atomic mass is 32.2. The van der Waals surface area contributed by atoms with Crippen molar-refractivity contribution in [1.29, 1.82) is 0 Å². The molecule has 3 aromatic carbocycles. The molecule has 0 aliphatic rings. The van der Waals surface area contributed by atoms with Crippen molar-refractivity contribution in [2.24, 2.45) is 5.10 Å². The molecular weight excluding hydrogens is 466 g/mol. The van der Waals surface area contributed by atoms with Crippen LogP contribution in [0.25, 0.3) is 0 Å². The van der Waals surface area contributed by atoms with Crippen molar-refractivity contribution in [3.05, 3.63) is 83.9 Å². The molecule has 9 heteroatoms. The van der Waals surface area contributed by atoms with Gasteiger partial charge in [0, 0.05) is 6.07 Å². The molecule has 0 aliphatic carbocycles. The Bertz CT molecular complexity index is 1270. The summed E-state index contributed by atoms with van der Waals surface area (Å²) >= 11 is 0. The van der Waals surface area contributed by atoms with Crippen molar-refractivity contribution in [1.82, 2.24) is 5.43 Å². The zero-order valence-electron chi connectivity index (χ0n) is 20.1. The number of sulfonamides is 1. The van der Waals surface area contributed by atoms with Gasteiger partial charge in [0.25, 0.3) is 15.9 Å².